The van der Waals surface area contributed by atoms with E-state index in [9.17, 15) is 9.59 Å². The van der Waals surface area contributed by atoms with Gasteiger partial charge in [0.1, 0.15) is 0 Å². The van der Waals surface area contributed by atoms with E-state index in [1.807, 2.05) is 0 Å². The Bertz CT molecular complexity index is 181. The number of carbonyl (C=O) groups excluding carboxylic acids is 2. The van der Waals surface area contributed by atoms with Crippen molar-refractivity contribution in [3.63, 3.8) is 0 Å². The first-order valence-electron chi connectivity index (χ1n) is 2.97. The standard InChI is InChI=1S/C5H9N2O4/c1-10-4(8)7(3-6-7)5(9)11-2/h6H,3H2,1-2H3/q+1. The van der Waals surface area contributed by atoms with Crippen molar-refractivity contribution in [3.05, 3.63) is 0 Å². The third-order valence-electron chi connectivity index (χ3n) is 1.45. The molecule has 6 nitrogen and oxygen atoms in total. The molecule has 11 heavy (non-hydrogen) atoms. The maximum atomic E-state index is 10.9. The van der Waals surface area contributed by atoms with Gasteiger partial charge in [0, 0.05) is 0 Å². The number of nitrogens with one attached hydrogen (secondary N) is 1. The molecule has 0 aromatic carbocycles. The zero-order valence-corrected chi connectivity index (χ0v) is 6.29. The minimum absolute atomic E-state index is 0.235. The van der Waals surface area contributed by atoms with E-state index in [2.05, 4.69) is 14.9 Å². The van der Waals surface area contributed by atoms with Gasteiger partial charge in [-0.1, -0.05) is 5.43 Å². The number of rotatable bonds is 0. The fourth-order valence-corrected chi connectivity index (χ4v) is 0.715. The highest BCUT2D eigenvalue weighted by molar-refractivity contribution is 5.77. The first kappa shape index (κ1) is 7.96. The Hall–Kier alpha value is -1.14. The van der Waals surface area contributed by atoms with Crippen molar-refractivity contribution < 1.29 is 23.7 Å². The molecule has 0 saturated carbocycles. The second kappa shape index (κ2) is 2.48. The summed E-state index contributed by atoms with van der Waals surface area (Å²) in [6.45, 7) is 0.235. The number of amides is 2. The number of nitrogens with zero attached hydrogens (tertiary/aromatic N) is 1. The molecular formula is C5H9N2O4+. The molecule has 0 aromatic rings. The highest BCUT2D eigenvalue weighted by Crippen LogP contribution is 2.17. The Balaban J connectivity index is 2.67. The summed E-state index contributed by atoms with van der Waals surface area (Å²) < 4.78 is 8.18. The van der Waals surface area contributed by atoms with Crippen LogP contribution >= 0.6 is 0 Å². The summed E-state index contributed by atoms with van der Waals surface area (Å²) >= 11 is 0. The molecule has 1 saturated heterocycles. The van der Waals surface area contributed by atoms with Crippen LogP contribution in [0.2, 0.25) is 0 Å². The molecule has 0 unspecified atom stereocenters. The molecule has 62 valence electrons. The molecule has 0 aliphatic carbocycles. The summed E-state index contributed by atoms with van der Waals surface area (Å²) in [6.07, 6.45) is -1.31. The van der Waals surface area contributed by atoms with Crippen LogP contribution in [-0.2, 0) is 9.47 Å². The topological polar surface area (TPSA) is 74.5 Å². The van der Waals surface area contributed by atoms with Crippen molar-refractivity contribution in [2.75, 3.05) is 20.9 Å². The van der Waals surface area contributed by atoms with Crippen molar-refractivity contribution in [2.45, 2.75) is 0 Å². The van der Waals surface area contributed by atoms with Gasteiger partial charge in [0.05, 0.1) is 14.2 Å². The number of quaternary nitrogens is 1. The highest BCUT2D eigenvalue weighted by Gasteiger charge is 2.61. The van der Waals surface area contributed by atoms with Crippen LogP contribution < -0.4 is 5.43 Å². The lowest BCUT2D eigenvalue weighted by Crippen LogP contribution is -2.42. The van der Waals surface area contributed by atoms with E-state index in [0.29, 0.717) is 0 Å². The predicted octanol–water partition coefficient (Wildman–Crippen LogP) is -0.188. The van der Waals surface area contributed by atoms with Crippen LogP contribution in [0.5, 0.6) is 0 Å². The first-order chi connectivity index (χ1) is 5.17. The molecule has 1 rings (SSSR count). The van der Waals surface area contributed by atoms with Crippen LogP contribution in [-0.4, -0.2) is 37.7 Å². The lowest BCUT2D eigenvalue weighted by atomic mass is 10.8. The number of hydrogen-bond donors (Lipinski definition) is 1. The Kier molecular flexibility index (Phi) is 1.79. The molecule has 0 spiro atoms. The fourth-order valence-electron chi connectivity index (χ4n) is 0.715. The molecular weight excluding hydrogens is 152 g/mol. The molecule has 0 aromatic heterocycles. The van der Waals surface area contributed by atoms with Gasteiger partial charge >= 0.3 is 12.2 Å². The molecule has 1 heterocycles. The maximum absolute atomic E-state index is 10.9. The van der Waals surface area contributed by atoms with Gasteiger partial charge in [-0.3, -0.25) is 0 Å². The zero-order valence-electron chi connectivity index (χ0n) is 6.29. The van der Waals surface area contributed by atoms with E-state index < -0.39 is 16.8 Å². The molecule has 6 heteroatoms. The molecule has 1 aliphatic rings. The molecule has 2 amide bonds. The van der Waals surface area contributed by atoms with Crippen molar-refractivity contribution in [1.82, 2.24) is 5.43 Å². The number of methoxy groups -OCH3 is 2. The summed E-state index contributed by atoms with van der Waals surface area (Å²) in [7, 11) is 2.43. The van der Waals surface area contributed by atoms with Crippen molar-refractivity contribution >= 4 is 12.2 Å². The van der Waals surface area contributed by atoms with Crippen LogP contribution in [0.4, 0.5) is 9.59 Å². The molecule has 1 aliphatic heterocycles. The SMILES string of the molecule is COC(=O)[N+]1(C(=O)OC)CN1. The number of imide groups is 1. The Morgan fingerprint density at radius 1 is 1.27 bits per heavy atom. The van der Waals surface area contributed by atoms with Crippen LogP contribution in [0.1, 0.15) is 0 Å². The first-order valence-corrected chi connectivity index (χ1v) is 2.97. The fraction of sp³-hybridized carbons (Fsp3) is 0.600. The van der Waals surface area contributed by atoms with E-state index in [-0.39, 0.29) is 6.67 Å². The summed E-state index contributed by atoms with van der Waals surface area (Å²) in [5, 5.41) is 0. The van der Waals surface area contributed by atoms with Gasteiger partial charge in [-0.05, 0) is 4.59 Å². The second-order valence-electron chi connectivity index (χ2n) is 2.07. The number of hydrogen-bond acceptors (Lipinski definition) is 5. The molecule has 1 N–H and O–H groups in total. The minimum atomic E-state index is -0.656. The van der Waals surface area contributed by atoms with Crippen molar-refractivity contribution in [2.24, 2.45) is 0 Å². The van der Waals surface area contributed by atoms with E-state index in [1.165, 1.54) is 14.2 Å². The molecule has 1 fully saturated rings. The largest absolute Gasteiger partial charge is 0.548 e. The van der Waals surface area contributed by atoms with E-state index in [0.717, 1.165) is 0 Å². The normalized spacial score (nSPS) is 18.7. The van der Waals surface area contributed by atoms with Crippen LogP contribution in [0.15, 0.2) is 0 Å². The Labute approximate surface area is 63.2 Å². The maximum Gasteiger partial charge on any atom is 0.548 e. The van der Waals surface area contributed by atoms with Crippen molar-refractivity contribution in [1.29, 1.82) is 0 Å². The van der Waals surface area contributed by atoms with E-state index in [1.54, 1.807) is 0 Å². The second-order valence-corrected chi connectivity index (χ2v) is 2.07. The number of ether oxygens (including phenoxy) is 2. The van der Waals surface area contributed by atoms with Gasteiger partial charge in [-0.25, -0.2) is 0 Å². The zero-order chi connectivity index (χ0) is 8.48. The third-order valence-corrected chi connectivity index (χ3v) is 1.45. The third kappa shape index (κ3) is 1.06. The van der Waals surface area contributed by atoms with Gasteiger partial charge in [0.2, 0.25) is 6.67 Å². The van der Waals surface area contributed by atoms with E-state index >= 15 is 0 Å². The quantitative estimate of drug-likeness (QED) is 0.393. The number of carbonyl (C=O) groups is 2. The summed E-state index contributed by atoms with van der Waals surface area (Å²) in [6, 6.07) is 0. The Morgan fingerprint density at radius 2 is 1.64 bits per heavy atom. The van der Waals surface area contributed by atoms with Gasteiger partial charge < -0.3 is 9.47 Å². The summed E-state index contributed by atoms with van der Waals surface area (Å²) in [5.41, 5.74) is 2.54. The Morgan fingerprint density at radius 3 is 1.82 bits per heavy atom. The summed E-state index contributed by atoms with van der Waals surface area (Å²) in [5.74, 6) is 0. The van der Waals surface area contributed by atoms with Crippen LogP contribution in [0, 0.1) is 0 Å². The van der Waals surface area contributed by atoms with Crippen LogP contribution in [0.3, 0.4) is 0 Å². The van der Waals surface area contributed by atoms with Gasteiger partial charge in [0.25, 0.3) is 0 Å². The van der Waals surface area contributed by atoms with Gasteiger partial charge in [0.15, 0.2) is 0 Å². The lowest BCUT2D eigenvalue weighted by molar-refractivity contribution is -0.670. The lowest BCUT2D eigenvalue weighted by Gasteiger charge is -2.04. The summed E-state index contributed by atoms with van der Waals surface area (Å²) in [4.78, 5) is 21.8. The van der Waals surface area contributed by atoms with Gasteiger partial charge in [-0.2, -0.15) is 9.59 Å². The smallest absolute Gasteiger partial charge is 0.421 e. The van der Waals surface area contributed by atoms with E-state index in [4.69, 9.17) is 0 Å². The predicted molar refractivity (Wildman–Crippen MR) is 33.1 cm³/mol. The molecule has 0 atom stereocenters. The average molecular weight is 161 g/mol. The molecule has 0 bridgehead atoms. The minimum Gasteiger partial charge on any atom is -0.421 e. The van der Waals surface area contributed by atoms with Crippen molar-refractivity contribution in [3.8, 4) is 0 Å². The van der Waals surface area contributed by atoms with Crippen LogP contribution in [0.25, 0.3) is 0 Å². The highest BCUT2D eigenvalue weighted by atomic mass is 16.6. The monoisotopic (exact) mass is 161 g/mol. The molecule has 0 radical (unpaired) electrons. The van der Waals surface area contributed by atoms with Gasteiger partial charge in [-0.15, -0.1) is 0 Å². The average Bonchev–Trinajstić information content (AvgIpc) is 2.82.